The Labute approximate surface area is 323 Å². The smallest absolute Gasteiger partial charge is 0.202 e. The van der Waals surface area contributed by atoms with Crippen molar-refractivity contribution in [2.24, 2.45) is 5.73 Å². The number of aliphatic hydroxyl groups excluding tert-OH is 1. The van der Waals surface area contributed by atoms with Gasteiger partial charge >= 0.3 is 0 Å². The van der Waals surface area contributed by atoms with Crippen molar-refractivity contribution < 1.29 is 68.3 Å². The molecule has 0 spiro atoms. The number of phenolic OH excluding ortho intramolecular Hbond substituents is 3. The summed E-state index contributed by atoms with van der Waals surface area (Å²) in [6.07, 6.45) is -6.04. The zero-order chi connectivity index (χ0) is 40.5. The van der Waals surface area contributed by atoms with E-state index in [1.165, 1.54) is 12.1 Å². The normalized spacial score (nSPS) is 35.8. The molecule has 16 heteroatoms. The highest BCUT2D eigenvalue weighted by molar-refractivity contribution is 6.31. The molecule has 2 aliphatic carbocycles. The molecule has 0 bridgehead atoms. The number of hydrogen-bond acceptors (Lipinski definition) is 16. The molecule has 56 heavy (non-hydrogen) atoms. The second kappa shape index (κ2) is 15.1. The Bertz CT molecular complexity index is 1940. The highest BCUT2D eigenvalue weighted by Crippen LogP contribution is 2.50. The maximum atomic E-state index is 13.8. The number of hydrogen-bond donors (Lipinski definition) is 6. The fourth-order valence-corrected chi connectivity index (χ4v) is 8.62. The Morgan fingerprint density at radius 3 is 2.12 bits per heavy atom. The molecule has 2 aromatic carbocycles. The van der Waals surface area contributed by atoms with Crippen molar-refractivity contribution >= 4 is 17.3 Å². The lowest BCUT2D eigenvalue weighted by Crippen LogP contribution is -2.58. The first-order chi connectivity index (χ1) is 26.4. The lowest BCUT2D eigenvalue weighted by atomic mass is 9.73. The van der Waals surface area contributed by atoms with Crippen LogP contribution in [0, 0.1) is 0 Å². The van der Waals surface area contributed by atoms with Crippen LogP contribution in [-0.2, 0) is 39.6 Å². The summed E-state index contributed by atoms with van der Waals surface area (Å²) in [5, 5.41) is 55.6. The van der Waals surface area contributed by atoms with E-state index in [9.17, 15) is 39.9 Å². The maximum absolute atomic E-state index is 13.8. The largest absolute Gasteiger partial charge is 0.507 e. The van der Waals surface area contributed by atoms with Gasteiger partial charge in [0.05, 0.1) is 52.4 Å². The van der Waals surface area contributed by atoms with Gasteiger partial charge in [-0.2, -0.15) is 0 Å². The number of ether oxygens (including phenoxy) is 6. The van der Waals surface area contributed by atoms with E-state index in [2.05, 4.69) is 0 Å². The summed E-state index contributed by atoms with van der Waals surface area (Å²) in [7, 11) is 3.76. The van der Waals surface area contributed by atoms with Gasteiger partial charge < -0.3 is 64.6 Å². The van der Waals surface area contributed by atoms with E-state index in [0.717, 1.165) is 12.1 Å². The topological polar surface area (TPSA) is 237 Å². The summed E-state index contributed by atoms with van der Waals surface area (Å²) >= 11 is 0. The van der Waals surface area contributed by atoms with E-state index in [1.54, 1.807) is 13.8 Å². The number of nitrogens with two attached hydrogens (primary N) is 1. The van der Waals surface area contributed by atoms with Crippen molar-refractivity contribution in [3.63, 3.8) is 0 Å². The Morgan fingerprint density at radius 1 is 0.875 bits per heavy atom. The number of aliphatic hydroxyl groups is 2. The van der Waals surface area contributed by atoms with Crippen LogP contribution in [0.3, 0.4) is 0 Å². The lowest BCUT2D eigenvalue weighted by molar-refractivity contribution is -0.321. The minimum Gasteiger partial charge on any atom is -0.507 e. The highest BCUT2D eigenvalue weighted by Gasteiger charge is 2.48. The summed E-state index contributed by atoms with van der Waals surface area (Å²) in [5.74, 6) is -3.33. The van der Waals surface area contributed by atoms with Crippen molar-refractivity contribution in [3.8, 4) is 17.2 Å². The van der Waals surface area contributed by atoms with Gasteiger partial charge in [0.2, 0.25) is 5.78 Å². The van der Waals surface area contributed by atoms with E-state index in [-0.39, 0.29) is 65.5 Å². The third-order valence-electron chi connectivity index (χ3n) is 11.7. The first kappa shape index (κ1) is 40.2. The molecule has 7 N–H and O–H groups in total. The van der Waals surface area contributed by atoms with Gasteiger partial charge in [-0.3, -0.25) is 14.4 Å². The summed E-state index contributed by atoms with van der Waals surface area (Å²) in [6.45, 7) is 6.95. The van der Waals surface area contributed by atoms with E-state index in [0.29, 0.717) is 12.0 Å². The predicted octanol–water partition coefficient (Wildman–Crippen LogP) is 2.21. The quantitative estimate of drug-likeness (QED) is 0.180. The molecule has 12 atom stereocenters. The van der Waals surface area contributed by atoms with Gasteiger partial charge in [0.15, 0.2) is 30.4 Å². The number of nitrogens with zero attached hydrogens (tertiary/aromatic N) is 1. The van der Waals surface area contributed by atoms with Gasteiger partial charge in [-0.25, -0.2) is 0 Å². The number of carbonyl (C=O) groups excluding carboxylic acids is 3. The molecule has 0 radical (unpaired) electrons. The third-order valence-corrected chi connectivity index (χ3v) is 11.7. The van der Waals surface area contributed by atoms with Crippen LogP contribution >= 0.6 is 0 Å². The van der Waals surface area contributed by atoms with Gasteiger partial charge in [0, 0.05) is 48.9 Å². The van der Waals surface area contributed by atoms with E-state index in [4.69, 9.17) is 34.2 Å². The van der Waals surface area contributed by atoms with Crippen LogP contribution in [0.15, 0.2) is 30.0 Å². The molecule has 5 aliphatic rings. The number of phenols is 3. The number of rotatable bonds is 8. The van der Waals surface area contributed by atoms with Crippen molar-refractivity contribution in [1.29, 1.82) is 0 Å². The standard InChI is InChI=1S/C40H50N2O14/c1-7-40(50)14-19-10-20-31(36(49)33-24(44)9-8-23(43)32(33)34(20)47)35(48)30(19)27(15-40)54-28-12-22(42(5)6)37(17(3)51-28)55-29-13-26(46)38(18(4)52-29)56-39-21(41)11-25(45)16(2)53-39/h8-11,16-18,22,26-29,37-39,43-44,46,48,50H,7,12-15,41H2,1-6H3. The average molecular weight is 783 g/mol. The zero-order valence-corrected chi connectivity index (χ0v) is 32.1. The molecular formula is C40H50N2O14. The van der Waals surface area contributed by atoms with Gasteiger partial charge in [0.25, 0.3) is 0 Å². The predicted molar refractivity (Wildman–Crippen MR) is 195 cm³/mol. The van der Waals surface area contributed by atoms with Crippen LogP contribution in [0.25, 0.3) is 0 Å². The maximum Gasteiger partial charge on any atom is 0.202 e. The minimum absolute atomic E-state index is 0.0475. The van der Waals surface area contributed by atoms with Crippen LogP contribution in [0.5, 0.6) is 17.2 Å². The van der Waals surface area contributed by atoms with E-state index in [1.807, 2.05) is 32.8 Å². The summed E-state index contributed by atoms with van der Waals surface area (Å²) in [5.41, 5.74) is 4.21. The van der Waals surface area contributed by atoms with E-state index < -0.39 is 102 Å². The molecule has 3 aliphatic heterocycles. The van der Waals surface area contributed by atoms with Crippen molar-refractivity contribution in [1.82, 2.24) is 4.90 Å². The monoisotopic (exact) mass is 782 g/mol. The SMILES string of the molecule is CCC1(O)Cc2cc3c(c(O)c2C(OC2CC(N(C)C)C(OC4CC(O)C(OC5OC(C)C(=O)C=C5N)C(C)O4)C(C)O2)C1)C(=O)c1c(O)ccc(O)c1C3=O. The number of likely N-dealkylation sites (N-methyl/N-ethyl adjacent to an activating group) is 1. The van der Waals surface area contributed by atoms with Crippen LogP contribution in [0.1, 0.15) is 102 Å². The molecule has 16 nitrogen and oxygen atoms in total. The van der Waals surface area contributed by atoms with Gasteiger partial charge in [-0.1, -0.05) is 6.92 Å². The first-order valence-corrected chi connectivity index (χ1v) is 18.9. The fourth-order valence-electron chi connectivity index (χ4n) is 8.62. The Hall–Kier alpha value is -3.97. The van der Waals surface area contributed by atoms with Crippen LogP contribution in [0.2, 0.25) is 0 Å². The second-order valence-corrected chi connectivity index (χ2v) is 15.8. The van der Waals surface area contributed by atoms with Gasteiger partial charge in [0.1, 0.15) is 35.6 Å². The molecule has 3 heterocycles. The van der Waals surface area contributed by atoms with Crippen LogP contribution in [0.4, 0.5) is 0 Å². The molecule has 2 fully saturated rings. The molecule has 2 saturated heterocycles. The zero-order valence-electron chi connectivity index (χ0n) is 32.1. The molecule has 0 amide bonds. The molecule has 0 saturated carbocycles. The average Bonchev–Trinajstić information content (AvgIpc) is 3.12. The Morgan fingerprint density at radius 2 is 1.50 bits per heavy atom. The number of benzene rings is 2. The van der Waals surface area contributed by atoms with Gasteiger partial charge in [-0.15, -0.1) is 0 Å². The number of ketones is 3. The minimum atomic E-state index is -1.29. The molecule has 2 aromatic rings. The molecule has 304 valence electrons. The number of fused-ring (bicyclic) bond motifs is 3. The third kappa shape index (κ3) is 7.11. The van der Waals surface area contributed by atoms with Crippen LogP contribution < -0.4 is 5.73 Å². The lowest BCUT2D eigenvalue weighted by Gasteiger charge is -2.47. The summed E-state index contributed by atoms with van der Waals surface area (Å²) < 4.78 is 37.2. The van der Waals surface area contributed by atoms with Crippen molar-refractivity contribution in [2.45, 2.75) is 133 Å². The second-order valence-electron chi connectivity index (χ2n) is 15.8. The fraction of sp³-hybridized carbons (Fsp3) is 0.575. The molecule has 12 unspecified atom stereocenters. The summed E-state index contributed by atoms with van der Waals surface area (Å²) in [4.78, 5) is 41.3. The highest BCUT2D eigenvalue weighted by atomic mass is 16.7. The van der Waals surface area contributed by atoms with E-state index >= 15 is 0 Å². The molecule has 0 aromatic heterocycles. The van der Waals surface area contributed by atoms with Crippen LogP contribution in [-0.4, -0.2) is 129 Å². The van der Waals surface area contributed by atoms with Crippen molar-refractivity contribution in [2.75, 3.05) is 14.1 Å². The molecular weight excluding hydrogens is 732 g/mol. The summed E-state index contributed by atoms with van der Waals surface area (Å²) in [6, 6.07) is 3.38. The van der Waals surface area contributed by atoms with Crippen molar-refractivity contribution in [3.05, 3.63) is 63.4 Å². The number of aromatic hydroxyl groups is 3. The Kier molecular flexibility index (Phi) is 10.8. The first-order valence-electron chi connectivity index (χ1n) is 18.9. The number of carbonyl (C=O) groups is 3. The molecule has 7 rings (SSSR count). The van der Waals surface area contributed by atoms with Gasteiger partial charge in [-0.05, 0) is 65.0 Å². The Balaban J connectivity index is 1.09.